The van der Waals surface area contributed by atoms with Gasteiger partial charge in [0.1, 0.15) is 0 Å². The molecule has 1 aromatic carbocycles. The second-order valence-electron chi connectivity index (χ2n) is 6.74. The Labute approximate surface area is 152 Å². The summed E-state index contributed by atoms with van der Waals surface area (Å²) in [5, 5.41) is 6.71. The fourth-order valence-corrected chi connectivity index (χ4v) is 3.13. The zero-order valence-corrected chi connectivity index (χ0v) is 15.9. The average Bonchev–Trinajstić information content (AvgIpc) is 3.08. The Balaban J connectivity index is 1.54. The number of ether oxygens (including phenoxy) is 2. The monoisotopic (exact) mass is 347 g/mol. The molecule has 2 N–H and O–H groups in total. The molecule has 140 valence electrons. The van der Waals surface area contributed by atoms with Gasteiger partial charge in [0.05, 0.1) is 12.7 Å². The highest BCUT2D eigenvalue weighted by Gasteiger charge is 2.14. The van der Waals surface area contributed by atoms with E-state index in [4.69, 9.17) is 9.47 Å². The smallest absolute Gasteiger partial charge is 0.190 e. The summed E-state index contributed by atoms with van der Waals surface area (Å²) in [6.45, 7) is 8.39. The van der Waals surface area contributed by atoms with Gasteiger partial charge in [-0.3, -0.25) is 4.99 Å². The van der Waals surface area contributed by atoms with Gasteiger partial charge in [-0.2, -0.15) is 0 Å². The van der Waals surface area contributed by atoms with Gasteiger partial charge in [-0.25, -0.2) is 0 Å². The van der Waals surface area contributed by atoms with Crippen LogP contribution in [0, 0.1) is 13.8 Å². The maximum absolute atomic E-state index is 5.67. The molecule has 0 spiro atoms. The van der Waals surface area contributed by atoms with Gasteiger partial charge in [-0.15, -0.1) is 0 Å². The highest BCUT2D eigenvalue weighted by molar-refractivity contribution is 5.79. The predicted octanol–water partition coefficient (Wildman–Crippen LogP) is 2.60. The zero-order valence-electron chi connectivity index (χ0n) is 15.9. The van der Waals surface area contributed by atoms with Gasteiger partial charge >= 0.3 is 0 Å². The number of nitrogens with zero attached hydrogens (tertiary/aromatic N) is 1. The van der Waals surface area contributed by atoms with Crippen molar-refractivity contribution in [1.29, 1.82) is 0 Å². The molecule has 0 aromatic heterocycles. The van der Waals surface area contributed by atoms with E-state index in [9.17, 15) is 0 Å². The van der Waals surface area contributed by atoms with Crippen molar-refractivity contribution in [2.75, 3.05) is 40.0 Å². The Kier molecular flexibility index (Phi) is 8.77. The molecule has 1 aromatic rings. The molecule has 5 nitrogen and oxygen atoms in total. The van der Waals surface area contributed by atoms with Crippen LogP contribution in [0.5, 0.6) is 0 Å². The van der Waals surface area contributed by atoms with Crippen LogP contribution in [0.2, 0.25) is 0 Å². The Morgan fingerprint density at radius 2 is 1.96 bits per heavy atom. The van der Waals surface area contributed by atoms with Gasteiger partial charge < -0.3 is 20.1 Å². The predicted molar refractivity (Wildman–Crippen MR) is 103 cm³/mol. The quantitative estimate of drug-likeness (QED) is 0.410. The largest absolute Gasteiger partial charge is 0.379 e. The first-order valence-electron chi connectivity index (χ1n) is 9.38. The molecule has 0 amide bonds. The molecule has 1 aliphatic heterocycles. The highest BCUT2D eigenvalue weighted by Crippen LogP contribution is 2.11. The summed E-state index contributed by atoms with van der Waals surface area (Å²) in [6, 6.07) is 6.70. The van der Waals surface area contributed by atoms with E-state index in [1.165, 1.54) is 23.1 Å². The number of aliphatic imine (C=N–C) groups is 1. The molecular weight excluding hydrogens is 314 g/mol. The van der Waals surface area contributed by atoms with E-state index in [0.29, 0.717) is 6.10 Å². The molecule has 2 rings (SSSR count). The SMILES string of the molecule is CN=C(NCCCOCC1CCCO1)NCCc1cc(C)cc(C)c1. The minimum Gasteiger partial charge on any atom is -0.379 e. The summed E-state index contributed by atoms with van der Waals surface area (Å²) < 4.78 is 11.2. The van der Waals surface area contributed by atoms with E-state index in [1.807, 2.05) is 0 Å². The molecule has 0 saturated carbocycles. The lowest BCUT2D eigenvalue weighted by Crippen LogP contribution is -2.39. The van der Waals surface area contributed by atoms with E-state index in [-0.39, 0.29) is 0 Å². The number of hydrogen-bond acceptors (Lipinski definition) is 3. The van der Waals surface area contributed by atoms with Crippen molar-refractivity contribution >= 4 is 5.96 Å². The summed E-state index contributed by atoms with van der Waals surface area (Å²) in [5.74, 6) is 0.850. The van der Waals surface area contributed by atoms with Gasteiger partial charge in [-0.1, -0.05) is 29.3 Å². The minimum atomic E-state index is 0.313. The first kappa shape index (κ1) is 19.7. The van der Waals surface area contributed by atoms with E-state index >= 15 is 0 Å². The van der Waals surface area contributed by atoms with E-state index in [1.54, 1.807) is 7.05 Å². The fourth-order valence-electron chi connectivity index (χ4n) is 3.13. The Hall–Kier alpha value is -1.59. The molecule has 0 bridgehead atoms. The molecule has 1 heterocycles. The van der Waals surface area contributed by atoms with E-state index in [2.05, 4.69) is 47.7 Å². The first-order valence-corrected chi connectivity index (χ1v) is 9.38. The standard InChI is InChI=1S/C20H33N3O2/c1-16-12-17(2)14-18(13-16)7-9-23-20(21-3)22-8-5-10-24-15-19-6-4-11-25-19/h12-14,19H,4-11,15H2,1-3H3,(H2,21,22,23). The Bertz CT molecular complexity index is 519. The lowest BCUT2D eigenvalue weighted by molar-refractivity contribution is 0.0168. The van der Waals surface area contributed by atoms with Crippen molar-refractivity contribution < 1.29 is 9.47 Å². The second kappa shape index (κ2) is 11.1. The number of hydrogen-bond donors (Lipinski definition) is 2. The zero-order chi connectivity index (χ0) is 17.9. The summed E-state index contributed by atoms with van der Waals surface area (Å²) in [5.41, 5.74) is 4.00. The molecule has 1 atom stereocenters. The van der Waals surface area contributed by atoms with Crippen LogP contribution in [0.25, 0.3) is 0 Å². The molecule has 1 fully saturated rings. The summed E-state index contributed by atoms with van der Waals surface area (Å²) in [4.78, 5) is 4.27. The van der Waals surface area contributed by atoms with E-state index in [0.717, 1.165) is 58.1 Å². The van der Waals surface area contributed by atoms with Crippen LogP contribution in [-0.4, -0.2) is 52.0 Å². The maximum atomic E-state index is 5.67. The second-order valence-corrected chi connectivity index (χ2v) is 6.74. The van der Waals surface area contributed by atoms with E-state index < -0.39 is 0 Å². The fraction of sp³-hybridized carbons (Fsp3) is 0.650. The molecule has 1 aliphatic rings. The molecule has 25 heavy (non-hydrogen) atoms. The summed E-state index contributed by atoms with van der Waals surface area (Å²) >= 11 is 0. The van der Waals surface area contributed by atoms with Gasteiger partial charge in [0.25, 0.3) is 0 Å². The van der Waals surface area contributed by atoms with Crippen molar-refractivity contribution in [2.24, 2.45) is 4.99 Å². The topological polar surface area (TPSA) is 54.9 Å². The third kappa shape index (κ3) is 7.88. The van der Waals surface area contributed by atoms with Gasteiger partial charge in [0.2, 0.25) is 0 Å². The van der Waals surface area contributed by atoms with Crippen molar-refractivity contribution in [1.82, 2.24) is 10.6 Å². The van der Waals surface area contributed by atoms with Crippen LogP contribution in [-0.2, 0) is 15.9 Å². The van der Waals surface area contributed by atoms with Crippen molar-refractivity contribution in [3.63, 3.8) is 0 Å². The number of benzene rings is 1. The van der Waals surface area contributed by atoms with Gasteiger partial charge in [-0.05, 0) is 45.1 Å². The van der Waals surface area contributed by atoms with Crippen LogP contribution in [0.15, 0.2) is 23.2 Å². The van der Waals surface area contributed by atoms with Gasteiger partial charge in [0.15, 0.2) is 5.96 Å². The molecule has 1 saturated heterocycles. The van der Waals surface area contributed by atoms with Crippen LogP contribution < -0.4 is 10.6 Å². The van der Waals surface area contributed by atoms with Crippen LogP contribution in [0.1, 0.15) is 36.0 Å². The number of guanidine groups is 1. The van der Waals surface area contributed by atoms with Crippen molar-refractivity contribution in [3.8, 4) is 0 Å². The van der Waals surface area contributed by atoms with Crippen LogP contribution >= 0.6 is 0 Å². The molecular formula is C20H33N3O2. The number of nitrogens with one attached hydrogen (secondary N) is 2. The minimum absolute atomic E-state index is 0.313. The lowest BCUT2D eigenvalue weighted by atomic mass is 10.1. The highest BCUT2D eigenvalue weighted by atomic mass is 16.5. The Morgan fingerprint density at radius 3 is 2.64 bits per heavy atom. The van der Waals surface area contributed by atoms with Crippen molar-refractivity contribution in [2.45, 2.75) is 45.6 Å². The molecule has 5 heteroatoms. The first-order chi connectivity index (χ1) is 12.2. The molecule has 0 radical (unpaired) electrons. The van der Waals surface area contributed by atoms with Gasteiger partial charge in [0, 0.05) is 33.4 Å². The number of rotatable bonds is 9. The third-order valence-corrected chi connectivity index (χ3v) is 4.30. The van der Waals surface area contributed by atoms with Crippen molar-refractivity contribution in [3.05, 3.63) is 34.9 Å². The van der Waals surface area contributed by atoms with Crippen LogP contribution in [0.4, 0.5) is 0 Å². The summed E-state index contributed by atoms with van der Waals surface area (Å²) in [6.07, 6.45) is 4.57. The van der Waals surface area contributed by atoms with Crippen LogP contribution in [0.3, 0.4) is 0 Å². The average molecular weight is 348 g/mol. The summed E-state index contributed by atoms with van der Waals surface area (Å²) in [7, 11) is 1.81. The number of aryl methyl sites for hydroxylation is 2. The maximum Gasteiger partial charge on any atom is 0.190 e. The molecule has 0 aliphatic carbocycles. The third-order valence-electron chi connectivity index (χ3n) is 4.30. The molecule has 1 unspecified atom stereocenters. The Morgan fingerprint density at radius 1 is 1.20 bits per heavy atom. The normalized spacial score (nSPS) is 17.7. The lowest BCUT2D eigenvalue weighted by Gasteiger charge is -2.13.